The second-order valence-electron chi connectivity index (χ2n) is 5.21. The number of halogens is 5. The predicted molar refractivity (Wildman–Crippen MR) is 101 cm³/mol. The van der Waals surface area contributed by atoms with Gasteiger partial charge in [-0.05, 0) is 37.0 Å². The van der Waals surface area contributed by atoms with Crippen molar-refractivity contribution in [1.82, 2.24) is 10.6 Å². The summed E-state index contributed by atoms with van der Waals surface area (Å²) in [5.41, 5.74) is -1.02. The average Bonchev–Trinajstić information content (AvgIpc) is 2.53. The van der Waals surface area contributed by atoms with Crippen LogP contribution in [0.4, 0.5) is 17.6 Å². The number of nitrogens with one attached hydrogen (secondary N) is 2. The number of unbranched alkanes of at least 4 members (excludes halogenated alkanes) is 2. The minimum absolute atomic E-state index is 0. The van der Waals surface area contributed by atoms with Gasteiger partial charge in [-0.3, -0.25) is 4.99 Å². The van der Waals surface area contributed by atoms with Gasteiger partial charge in [0, 0.05) is 33.9 Å². The van der Waals surface area contributed by atoms with E-state index in [1.54, 1.807) is 7.11 Å². The van der Waals surface area contributed by atoms with Gasteiger partial charge in [-0.25, -0.2) is 4.39 Å². The summed E-state index contributed by atoms with van der Waals surface area (Å²) in [5, 5.41) is 5.84. The molecule has 0 aliphatic rings. The number of hydrogen-bond donors (Lipinski definition) is 2. The fourth-order valence-electron chi connectivity index (χ4n) is 2.12. The van der Waals surface area contributed by atoms with Crippen LogP contribution in [0.3, 0.4) is 0 Å². The molecule has 0 saturated heterocycles. The summed E-state index contributed by atoms with van der Waals surface area (Å²) < 4.78 is 56.8. The minimum atomic E-state index is -4.60. The molecule has 2 N–H and O–H groups in total. The molecular weight excluding hydrogens is 453 g/mol. The van der Waals surface area contributed by atoms with Gasteiger partial charge in [0.1, 0.15) is 5.82 Å². The molecule has 0 saturated carbocycles. The van der Waals surface area contributed by atoms with Crippen LogP contribution in [0, 0.1) is 5.82 Å². The highest BCUT2D eigenvalue weighted by Gasteiger charge is 2.33. The number of alkyl halides is 3. The first-order valence-electron chi connectivity index (χ1n) is 7.67. The summed E-state index contributed by atoms with van der Waals surface area (Å²) >= 11 is 0. The first-order chi connectivity index (χ1) is 11.4. The van der Waals surface area contributed by atoms with Crippen molar-refractivity contribution >= 4 is 29.9 Å². The van der Waals surface area contributed by atoms with E-state index in [4.69, 9.17) is 4.74 Å². The Labute approximate surface area is 162 Å². The third-order valence-corrected chi connectivity index (χ3v) is 3.36. The van der Waals surface area contributed by atoms with Gasteiger partial charge < -0.3 is 15.4 Å². The molecule has 4 nitrogen and oxygen atoms in total. The summed E-state index contributed by atoms with van der Waals surface area (Å²) in [6, 6.07) is 2.64. The number of methoxy groups -OCH3 is 1. The van der Waals surface area contributed by atoms with Crippen LogP contribution in [0.5, 0.6) is 0 Å². The van der Waals surface area contributed by atoms with Crippen molar-refractivity contribution < 1.29 is 22.3 Å². The third-order valence-electron chi connectivity index (χ3n) is 3.36. The SMILES string of the molecule is CN=C(NCCCCCOC)NCc1ccc(F)cc1C(F)(F)F.I. The Bertz CT molecular complexity index is 539. The Hall–Kier alpha value is -1.10. The highest BCUT2D eigenvalue weighted by molar-refractivity contribution is 14.0. The number of benzene rings is 1. The Morgan fingerprint density at radius 3 is 2.48 bits per heavy atom. The van der Waals surface area contributed by atoms with Gasteiger partial charge >= 0.3 is 6.18 Å². The molecule has 0 radical (unpaired) electrons. The number of aliphatic imine (C=N–C) groups is 1. The number of guanidine groups is 1. The number of nitrogens with zero attached hydrogens (tertiary/aromatic N) is 1. The maximum atomic E-state index is 13.1. The van der Waals surface area contributed by atoms with Crippen LogP contribution in [-0.2, 0) is 17.5 Å². The quantitative estimate of drug-likeness (QED) is 0.196. The maximum absolute atomic E-state index is 13.1. The molecular formula is C16H24F4IN3O. The summed E-state index contributed by atoms with van der Waals surface area (Å²) in [4.78, 5) is 3.96. The Morgan fingerprint density at radius 2 is 1.88 bits per heavy atom. The monoisotopic (exact) mass is 477 g/mol. The zero-order valence-corrected chi connectivity index (χ0v) is 16.6. The molecule has 0 aliphatic carbocycles. The van der Waals surface area contributed by atoms with Crippen molar-refractivity contribution in [3.63, 3.8) is 0 Å². The van der Waals surface area contributed by atoms with Crippen LogP contribution < -0.4 is 10.6 Å². The van der Waals surface area contributed by atoms with Gasteiger partial charge in [0.2, 0.25) is 0 Å². The highest BCUT2D eigenvalue weighted by atomic mass is 127. The zero-order chi connectivity index (χ0) is 18.0. The van der Waals surface area contributed by atoms with Crippen molar-refractivity contribution in [3.05, 3.63) is 35.1 Å². The molecule has 0 amide bonds. The fraction of sp³-hybridized carbons (Fsp3) is 0.562. The molecule has 0 heterocycles. The lowest BCUT2D eigenvalue weighted by atomic mass is 10.1. The smallest absolute Gasteiger partial charge is 0.385 e. The number of ether oxygens (including phenoxy) is 1. The van der Waals surface area contributed by atoms with Crippen LogP contribution in [-0.4, -0.2) is 33.3 Å². The van der Waals surface area contributed by atoms with E-state index in [1.165, 1.54) is 7.05 Å². The molecule has 1 aromatic carbocycles. The molecule has 0 spiro atoms. The number of hydrogen-bond acceptors (Lipinski definition) is 2. The summed E-state index contributed by atoms with van der Waals surface area (Å²) in [7, 11) is 3.18. The van der Waals surface area contributed by atoms with Gasteiger partial charge in [-0.15, -0.1) is 24.0 Å². The Kier molecular flexibility index (Phi) is 11.7. The molecule has 0 atom stereocenters. The number of rotatable bonds is 8. The minimum Gasteiger partial charge on any atom is -0.385 e. The maximum Gasteiger partial charge on any atom is 0.416 e. The highest BCUT2D eigenvalue weighted by Crippen LogP contribution is 2.32. The van der Waals surface area contributed by atoms with Gasteiger partial charge in [-0.2, -0.15) is 13.2 Å². The molecule has 0 fully saturated rings. The lowest BCUT2D eigenvalue weighted by molar-refractivity contribution is -0.138. The molecule has 25 heavy (non-hydrogen) atoms. The molecule has 1 aromatic rings. The van der Waals surface area contributed by atoms with E-state index in [-0.39, 0.29) is 36.1 Å². The summed E-state index contributed by atoms with van der Waals surface area (Å²) in [6.07, 6.45) is -1.77. The van der Waals surface area contributed by atoms with Crippen molar-refractivity contribution in [1.29, 1.82) is 0 Å². The van der Waals surface area contributed by atoms with Crippen molar-refractivity contribution in [2.45, 2.75) is 32.0 Å². The van der Waals surface area contributed by atoms with Crippen LogP contribution in [0.25, 0.3) is 0 Å². The molecule has 144 valence electrons. The molecule has 0 aromatic heterocycles. The predicted octanol–water partition coefficient (Wildman–Crippen LogP) is 3.94. The van der Waals surface area contributed by atoms with E-state index >= 15 is 0 Å². The lowest BCUT2D eigenvalue weighted by Gasteiger charge is -2.16. The zero-order valence-electron chi connectivity index (χ0n) is 14.3. The molecule has 0 unspecified atom stereocenters. The summed E-state index contributed by atoms with van der Waals surface area (Å²) in [6.45, 7) is 1.26. The van der Waals surface area contributed by atoms with Gasteiger partial charge in [-0.1, -0.05) is 6.07 Å². The van der Waals surface area contributed by atoms with Crippen LogP contribution in [0.2, 0.25) is 0 Å². The standard InChI is InChI=1S/C16H23F4N3O.HI/c1-21-15(22-8-4-3-5-9-24-2)23-11-12-6-7-13(17)10-14(12)16(18,19)20;/h6-7,10H,3-5,8-9,11H2,1-2H3,(H2,21,22,23);1H. The van der Waals surface area contributed by atoms with E-state index in [9.17, 15) is 17.6 Å². The topological polar surface area (TPSA) is 45.7 Å². The first kappa shape index (κ1) is 23.9. The van der Waals surface area contributed by atoms with E-state index in [1.807, 2.05) is 0 Å². The largest absolute Gasteiger partial charge is 0.416 e. The first-order valence-corrected chi connectivity index (χ1v) is 7.67. The van der Waals surface area contributed by atoms with Crippen molar-refractivity contribution in [2.24, 2.45) is 4.99 Å². The Morgan fingerprint density at radius 1 is 1.16 bits per heavy atom. The van der Waals surface area contributed by atoms with E-state index < -0.39 is 17.6 Å². The second-order valence-corrected chi connectivity index (χ2v) is 5.21. The molecule has 0 bridgehead atoms. The van der Waals surface area contributed by atoms with Gasteiger partial charge in [0.05, 0.1) is 5.56 Å². The molecule has 0 aliphatic heterocycles. The van der Waals surface area contributed by atoms with Crippen molar-refractivity contribution in [2.75, 3.05) is 27.3 Å². The molecule has 1 rings (SSSR count). The van der Waals surface area contributed by atoms with Crippen LogP contribution in [0.15, 0.2) is 23.2 Å². The van der Waals surface area contributed by atoms with E-state index in [2.05, 4.69) is 15.6 Å². The van der Waals surface area contributed by atoms with Crippen LogP contribution in [0.1, 0.15) is 30.4 Å². The summed E-state index contributed by atoms with van der Waals surface area (Å²) in [5.74, 6) is -0.510. The lowest BCUT2D eigenvalue weighted by Crippen LogP contribution is -2.37. The van der Waals surface area contributed by atoms with Gasteiger partial charge in [0.15, 0.2) is 5.96 Å². The van der Waals surface area contributed by atoms with Crippen LogP contribution >= 0.6 is 24.0 Å². The average molecular weight is 477 g/mol. The fourth-order valence-corrected chi connectivity index (χ4v) is 2.12. The Balaban J connectivity index is 0.00000576. The third kappa shape index (κ3) is 9.24. The second kappa shape index (κ2) is 12.3. The normalized spacial score (nSPS) is 11.8. The molecule has 9 heteroatoms. The van der Waals surface area contributed by atoms with E-state index in [0.29, 0.717) is 25.2 Å². The van der Waals surface area contributed by atoms with Gasteiger partial charge in [0.25, 0.3) is 0 Å². The van der Waals surface area contributed by atoms with Crippen molar-refractivity contribution in [3.8, 4) is 0 Å². The van der Waals surface area contributed by atoms with E-state index in [0.717, 1.165) is 31.4 Å².